The molecule has 1 aromatic carbocycles. The molecule has 0 radical (unpaired) electrons. The summed E-state index contributed by atoms with van der Waals surface area (Å²) < 4.78 is 16.8. The molecular formula is C24H41IN4O3. The van der Waals surface area contributed by atoms with E-state index < -0.39 is 0 Å². The van der Waals surface area contributed by atoms with Crippen LogP contribution in [-0.4, -0.2) is 89.1 Å². The van der Waals surface area contributed by atoms with E-state index in [-0.39, 0.29) is 30.0 Å². The van der Waals surface area contributed by atoms with Crippen LogP contribution in [0.15, 0.2) is 29.3 Å². The third kappa shape index (κ3) is 7.74. The molecule has 2 fully saturated rings. The quantitative estimate of drug-likeness (QED) is 0.205. The van der Waals surface area contributed by atoms with Gasteiger partial charge in [-0.1, -0.05) is 18.2 Å². The molecule has 1 aromatic rings. The topological polar surface area (TPSA) is 58.6 Å². The Morgan fingerprint density at radius 1 is 1.09 bits per heavy atom. The summed E-state index contributed by atoms with van der Waals surface area (Å²) in [6.07, 6.45) is 5.90. The number of nitrogens with zero attached hydrogens (tertiary/aromatic N) is 3. The number of guanidine groups is 1. The van der Waals surface area contributed by atoms with Gasteiger partial charge in [0.05, 0.1) is 19.3 Å². The standard InChI is InChI=1S/C24H40N4O3.HI/c1-25-24(28-15-11-20(12-16-28)31-18-8-17-29-2)26-19-22(27-13-6-7-14-27)21-9-4-5-10-23(21)30-3;/h4-5,9-10,20,22H,6-8,11-19H2,1-3H3,(H,25,26);1H. The number of rotatable bonds is 10. The predicted molar refractivity (Wildman–Crippen MR) is 140 cm³/mol. The number of methoxy groups -OCH3 is 2. The van der Waals surface area contributed by atoms with Crippen molar-refractivity contribution in [3.63, 3.8) is 0 Å². The zero-order chi connectivity index (χ0) is 21.9. The largest absolute Gasteiger partial charge is 0.496 e. The number of nitrogens with one attached hydrogen (secondary N) is 1. The van der Waals surface area contributed by atoms with Crippen molar-refractivity contribution in [2.75, 3.05) is 67.2 Å². The highest BCUT2D eigenvalue weighted by atomic mass is 127. The Labute approximate surface area is 210 Å². The lowest BCUT2D eigenvalue weighted by molar-refractivity contribution is 0.00986. The molecule has 0 bridgehead atoms. The maximum atomic E-state index is 6.01. The molecule has 3 rings (SSSR count). The number of aliphatic imine (C=N–C) groups is 1. The molecule has 182 valence electrons. The van der Waals surface area contributed by atoms with Crippen LogP contribution in [0.2, 0.25) is 0 Å². The lowest BCUT2D eigenvalue weighted by Crippen LogP contribution is -2.49. The van der Waals surface area contributed by atoms with Gasteiger partial charge in [0.25, 0.3) is 0 Å². The summed E-state index contributed by atoms with van der Waals surface area (Å²) in [6.45, 7) is 6.57. The van der Waals surface area contributed by atoms with Gasteiger partial charge < -0.3 is 24.4 Å². The molecule has 0 aromatic heterocycles. The van der Waals surface area contributed by atoms with Gasteiger partial charge in [0.2, 0.25) is 0 Å². The van der Waals surface area contributed by atoms with Crippen molar-refractivity contribution >= 4 is 29.9 Å². The number of ether oxygens (including phenoxy) is 3. The Hall–Kier alpha value is -1.10. The summed E-state index contributed by atoms with van der Waals surface area (Å²) in [5.41, 5.74) is 1.25. The Bertz CT molecular complexity index is 677. The average Bonchev–Trinajstić information content (AvgIpc) is 3.35. The van der Waals surface area contributed by atoms with Crippen LogP contribution < -0.4 is 10.1 Å². The van der Waals surface area contributed by atoms with Crippen LogP contribution in [0.1, 0.15) is 43.7 Å². The SMILES string of the molecule is CN=C(NCC(c1ccccc1OC)N1CCCC1)N1CCC(OCCCOC)CC1.I. The molecule has 2 saturated heterocycles. The van der Waals surface area contributed by atoms with Crippen LogP contribution >= 0.6 is 24.0 Å². The van der Waals surface area contributed by atoms with Crippen molar-refractivity contribution in [2.45, 2.75) is 44.2 Å². The molecule has 2 aliphatic rings. The fraction of sp³-hybridized carbons (Fsp3) is 0.708. The molecule has 0 spiro atoms. The zero-order valence-electron chi connectivity index (χ0n) is 19.9. The average molecular weight is 561 g/mol. The lowest BCUT2D eigenvalue weighted by Gasteiger charge is -2.36. The van der Waals surface area contributed by atoms with Crippen molar-refractivity contribution in [1.29, 1.82) is 0 Å². The van der Waals surface area contributed by atoms with E-state index in [1.54, 1.807) is 14.2 Å². The maximum Gasteiger partial charge on any atom is 0.193 e. The van der Waals surface area contributed by atoms with Crippen LogP contribution in [-0.2, 0) is 9.47 Å². The van der Waals surface area contributed by atoms with E-state index in [2.05, 4.69) is 38.3 Å². The van der Waals surface area contributed by atoms with Gasteiger partial charge in [-0.2, -0.15) is 0 Å². The van der Waals surface area contributed by atoms with Gasteiger partial charge in [-0.15, -0.1) is 24.0 Å². The molecule has 1 unspecified atom stereocenters. The second-order valence-corrected chi connectivity index (χ2v) is 8.33. The molecule has 1 atom stereocenters. The minimum absolute atomic E-state index is 0. The number of benzene rings is 1. The number of para-hydroxylation sites is 1. The normalized spacial score (nSPS) is 19.0. The molecule has 1 N–H and O–H groups in total. The lowest BCUT2D eigenvalue weighted by atomic mass is 10.0. The van der Waals surface area contributed by atoms with E-state index in [0.29, 0.717) is 6.10 Å². The number of likely N-dealkylation sites (tertiary alicyclic amines) is 2. The highest BCUT2D eigenvalue weighted by Crippen LogP contribution is 2.31. The van der Waals surface area contributed by atoms with Gasteiger partial charge in [0, 0.05) is 52.6 Å². The number of halogens is 1. The van der Waals surface area contributed by atoms with E-state index in [9.17, 15) is 0 Å². The maximum absolute atomic E-state index is 6.01. The van der Waals surface area contributed by atoms with Gasteiger partial charge in [0.15, 0.2) is 5.96 Å². The molecule has 2 aliphatic heterocycles. The van der Waals surface area contributed by atoms with Crippen LogP contribution in [0.3, 0.4) is 0 Å². The van der Waals surface area contributed by atoms with Crippen molar-refractivity contribution in [3.05, 3.63) is 29.8 Å². The van der Waals surface area contributed by atoms with Crippen molar-refractivity contribution in [3.8, 4) is 5.75 Å². The fourth-order valence-corrected chi connectivity index (χ4v) is 4.64. The third-order valence-electron chi connectivity index (χ3n) is 6.33. The van der Waals surface area contributed by atoms with Crippen LogP contribution in [0.25, 0.3) is 0 Å². The number of hydrogen-bond acceptors (Lipinski definition) is 5. The Balaban J connectivity index is 0.00000363. The summed E-state index contributed by atoms with van der Waals surface area (Å²) in [5.74, 6) is 1.94. The summed E-state index contributed by atoms with van der Waals surface area (Å²) in [4.78, 5) is 9.51. The summed E-state index contributed by atoms with van der Waals surface area (Å²) >= 11 is 0. The predicted octanol–water partition coefficient (Wildman–Crippen LogP) is 3.54. The molecule has 0 saturated carbocycles. The first-order valence-corrected chi connectivity index (χ1v) is 11.7. The van der Waals surface area contributed by atoms with Gasteiger partial charge in [-0.25, -0.2) is 0 Å². The van der Waals surface area contributed by atoms with E-state index >= 15 is 0 Å². The molecule has 32 heavy (non-hydrogen) atoms. The minimum Gasteiger partial charge on any atom is -0.496 e. The summed E-state index contributed by atoms with van der Waals surface area (Å²) in [7, 11) is 5.37. The smallest absolute Gasteiger partial charge is 0.193 e. The van der Waals surface area contributed by atoms with Crippen LogP contribution in [0.5, 0.6) is 5.75 Å². The first-order chi connectivity index (χ1) is 15.3. The second-order valence-electron chi connectivity index (χ2n) is 8.33. The van der Waals surface area contributed by atoms with Crippen molar-refractivity contribution < 1.29 is 14.2 Å². The van der Waals surface area contributed by atoms with Crippen molar-refractivity contribution in [2.24, 2.45) is 4.99 Å². The van der Waals surface area contributed by atoms with E-state index in [4.69, 9.17) is 14.2 Å². The van der Waals surface area contributed by atoms with E-state index in [0.717, 1.165) is 76.9 Å². The van der Waals surface area contributed by atoms with Crippen molar-refractivity contribution in [1.82, 2.24) is 15.1 Å². The van der Waals surface area contributed by atoms with E-state index in [1.165, 1.54) is 18.4 Å². The third-order valence-corrected chi connectivity index (χ3v) is 6.33. The fourth-order valence-electron chi connectivity index (χ4n) is 4.64. The van der Waals surface area contributed by atoms with Gasteiger partial charge in [-0.05, 0) is 51.3 Å². The first-order valence-electron chi connectivity index (χ1n) is 11.7. The Kier molecular flexibility index (Phi) is 12.7. The van der Waals surface area contributed by atoms with Crippen LogP contribution in [0.4, 0.5) is 0 Å². The Morgan fingerprint density at radius 2 is 1.81 bits per heavy atom. The summed E-state index contributed by atoms with van der Waals surface area (Å²) in [6, 6.07) is 8.67. The molecule has 2 heterocycles. The summed E-state index contributed by atoms with van der Waals surface area (Å²) in [5, 5.41) is 3.66. The minimum atomic E-state index is 0. The number of hydrogen-bond donors (Lipinski definition) is 1. The van der Waals surface area contributed by atoms with Gasteiger partial charge in [-0.3, -0.25) is 9.89 Å². The van der Waals surface area contributed by atoms with Crippen LogP contribution in [0, 0.1) is 0 Å². The second kappa shape index (κ2) is 14.9. The monoisotopic (exact) mass is 560 g/mol. The first kappa shape index (κ1) is 27.1. The molecule has 7 nitrogen and oxygen atoms in total. The molecule has 0 aliphatic carbocycles. The molecule has 0 amide bonds. The molecular weight excluding hydrogens is 519 g/mol. The zero-order valence-corrected chi connectivity index (χ0v) is 22.3. The Morgan fingerprint density at radius 3 is 2.47 bits per heavy atom. The highest BCUT2D eigenvalue weighted by Gasteiger charge is 2.27. The molecule has 8 heteroatoms. The van der Waals surface area contributed by atoms with Gasteiger partial charge in [0.1, 0.15) is 5.75 Å². The number of piperidine rings is 1. The van der Waals surface area contributed by atoms with Gasteiger partial charge >= 0.3 is 0 Å². The van der Waals surface area contributed by atoms with E-state index in [1.807, 2.05) is 13.1 Å². The highest BCUT2D eigenvalue weighted by molar-refractivity contribution is 14.0.